The van der Waals surface area contributed by atoms with Crippen molar-refractivity contribution < 1.29 is 21.6 Å². The highest BCUT2D eigenvalue weighted by atomic mass is 35.5. The second-order valence-electron chi connectivity index (χ2n) is 2.81. The van der Waals surface area contributed by atoms with Crippen LogP contribution in [0.15, 0.2) is 21.3 Å². The number of H-pyrrole nitrogens is 1. The highest BCUT2D eigenvalue weighted by molar-refractivity contribution is 7.81. The number of rotatable bonds is 2. The molecule has 1 aromatic carbocycles. The maximum atomic E-state index is 10.9. The number of nitrogens with one attached hydrogen (secondary N) is 1. The Bertz CT molecular complexity index is 699. The Morgan fingerprint density at radius 3 is 2.75 bits per heavy atom. The number of aromatic amines is 1. The average Bonchev–Trinajstić information content (AvgIpc) is 2.42. The lowest BCUT2D eigenvalue weighted by Gasteiger charge is -2.01. The van der Waals surface area contributed by atoms with Gasteiger partial charge in [-0.05, 0) is 6.07 Å². The first-order chi connectivity index (χ1) is 7.35. The van der Waals surface area contributed by atoms with Gasteiger partial charge in [-0.15, -0.1) is 0 Å². The molecule has 0 saturated heterocycles. The van der Waals surface area contributed by atoms with Gasteiger partial charge in [-0.3, -0.25) is 9.54 Å². The van der Waals surface area contributed by atoms with Crippen LogP contribution in [-0.2, 0) is 10.4 Å². The summed E-state index contributed by atoms with van der Waals surface area (Å²) in [6.45, 7) is 0. The van der Waals surface area contributed by atoms with Crippen LogP contribution in [0.4, 0.5) is 0 Å². The summed E-state index contributed by atoms with van der Waals surface area (Å²) in [7, 11) is -4.71. The predicted molar refractivity (Wildman–Crippen MR) is 54.0 cm³/mol. The fourth-order valence-electron chi connectivity index (χ4n) is 1.17. The molecule has 1 heterocycles. The number of fused-ring (bicyclic) bond motifs is 1. The fraction of sp³-hybridized carbons (Fsp3) is 0. The minimum Gasteiger partial charge on any atom is -0.404 e. The molecule has 9 heteroatoms. The van der Waals surface area contributed by atoms with Crippen molar-refractivity contribution in [1.82, 2.24) is 4.98 Å². The Morgan fingerprint density at radius 2 is 2.12 bits per heavy atom. The molecule has 0 unspecified atom stereocenters. The maximum Gasteiger partial charge on any atom is 0.446 e. The Hall–Kier alpha value is -1.51. The van der Waals surface area contributed by atoms with Crippen molar-refractivity contribution in [2.24, 2.45) is 0 Å². The minimum atomic E-state index is -4.71. The van der Waals surface area contributed by atoms with E-state index in [2.05, 4.69) is 13.6 Å². The number of benzene rings is 1. The van der Waals surface area contributed by atoms with E-state index >= 15 is 0 Å². The summed E-state index contributed by atoms with van der Waals surface area (Å²) >= 11 is 5.64. The van der Waals surface area contributed by atoms with Crippen LogP contribution in [0.5, 0.6) is 5.75 Å². The third-order valence-electron chi connectivity index (χ3n) is 1.65. The van der Waals surface area contributed by atoms with Crippen molar-refractivity contribution in [1.29, 1.82) is 0 Å². The van der Waals surface area contributed by atoms with Gasteiger partial charge in [0.1, 0.15) is 0 Å². The molecule has 0 saturated carbocycles. The molecule has 0 atom stereocenters. The number of hydrogen-bond acceptors (Lipinski definition) is 5. The van der Waals surface area contributed by atoms with Gasteiger partial charge in [0.05, 0.1) is 5.52 Å². The lowest BCUT2D eigenvalue weighted by atomic mass is 10.3. The van der Waals surface area contributed by atoms with E-state index < -0.39 is 16.2 Å². The molecule has 16 heavy (non-hydrogen) atoms. The lowest BCUT2D eigenvalue weighted by molar-refractivity contribution is 0.384. The van der Waals surface area contributed by atoms with Crippen LogP contribution in [0.25, 0.3) is 11.1 Å². The Balaban J connectivity index is 2.72. The van der Waals surface area contributed by atoms with Gasteiger partial charge in [0.2, 0.25) is 0 Å². The molecule has 7 nitrogen and oxygen atoms in total. The van der Waals surface area contributed by atoms with E-state index in [1.807, 2.05) is 0 Å². The lowest BCUT2D eigenvalue weighted by Crippen LogP contribution is -2.06. The second-order valence-corrected chi connectivity index (χ2v) is 4.26. The number of halogens is 1. The van der Waals surface area contributed by atoms with Crippen molar-refractivity contribution in [3.05, 3.63) is 27.7 Å². The van der Waals surface area contributed by atoms with Crippen LogP contribution >= 0.6 is 11.6 Å². The first-order valence-corrected chi connectivity index (χ1v) is 5.59. The molecule has 0 amide bonds. The van der Waals surface area contributed by atoms with Crippen molar-refractivity contribution in [3.63, 3.8) is 0 Å². The van der Waals surface area contributed by atoms with E-state index in [1.54, 1.807) is 0 Å². The summed E-state index contributed by atoms with van der Waals surface area (Å²) in [5.74, 6) is -1.17. The van der Waals surface area contributed by atoms with Crippen molar-refractivity contribution in [2.45, 2.75) is 0 Å². The quantitative estimate of drug-likeness (QED) is 0.783. The second kappa shape index (κ2) is 3.51. The summed E-state index contributed by atoms with van der Waals surface area (Å²) in [4.78, 5) is 13.1. The summed E-state index contributed by atoms with van der Waals surface area (Å²) in [6, 6.07) is 2.44. The molecular formula is C7H4ClNO6S. The van der Waals surface area contributed by atoms with E-state index in [0.717, 1.165) is 6.07 Å². The summed E-state index contributed by atoms with van der Waals surface area (Å²) < 4.78 is 38.4. The normalized spacial score (nSPS) is 11.9. The van der Waals surface area contributed by atoms with Gasteiger partial charge >= 0.3 is 16.2 Å². The van der Waals surface area contributed by atoms with Gasteiger partial charge in [-0.2, -0.15) is 8.42 Å². The highest BCUT2D eigenvalue weighted by Crippen LogP contribution is 2.28. The molecule has 0 spiro atoms. The third-order valence-corrected chi connectivity index (χ3v) is 2.25. The zero-order valence-electron chi connectivity index (χ0n) is 7.43. The van der Waals surface area contributed by atoms with Crippen LogP contribution < -0.4 is 9.94 Å². The van der Waals surface area contributed by atoms with Crippen molar-refractivity contribution >= 4 is 33.1 Å². The molecule has 0 fully saturated rings. The number of oxazole rings is 1. The Kier molecular flexibility index (Phi) is 2.41. The molecule has 0 radical (unpaired) electrons. The fourth-order valence-corrected chi connectivity index (χ4v) is 1.73. The molecule has 0 bridgehead atoms. The van der Waals surface area contributed by atoms with E-state index in [-0.39, 0.29) is 21.9 Å². The monoisotopic (exact) mass is 265 g/mol. The topological polar surface area (TPSA) is 110 Å². The van der Waals surface area contributed by atoms with Crippen molar-refractivity contribution in [2.75, 3.05) is 0 Å². The van der Waals surface area contributed by atoms with Crippen LogP contribution in [0.2, 0.25) is 5.02 Å². The zero-order valence-corrected chi connectivity index (χ0v) is 9.00. The Labute approximate surface area is 93.5 Å². The minimum absolute atomic E-state index is 0.114. The van der Waals surface area contributed by atoms with E-state index in [1.165, 1.54) is 6.07 Å². The van der Waals surface area contributed by atoms with Crippen LogP contribution in [0, 0.1) is 0 Å². The average molecular weight is 266 g/mol. The third kappa shape index (κ3) is 2.18. The molecule has 2 rings (SSSR count). The molecule has 0 aliphatic rings. The molecule has 0 aliphatic carbocycles. The van der Waals surface area contributed by atoms with Gasteiger partial charge in [-0.25, -0.2) is 4.79 Å². The molecular weight excluding hydrogens is 262 g/mol. The van der Waals surface area contributed by atoms with Gasteiger partial charge in [0.25, 0.3) is 0 Å². The smallest absolute Gasteiger partial charge is 0.404 e. The first kappa shape index (κ1) is 11.0. The van der Waals surface area contributed by atoms with Crippen LogP contribution in [0.3, 0.4) is 0 Å². The van der Waals surface area contributed by atoms with E-state index in [9.17, 15) is 13.2 Å². The van der Waals surface area contributed by atoms with E-state index in [4.69, 9.17) is 16.2 Å². The molecule has 2 N–H and O–H groups in total. The standard InChI is InChI=1S/C7H4ClNO6S/c8-3-1-4-6(14-7(10)9-4)5(2-3)15-16(11,12)13/h1-2H,(H,9,10)(H,11,12,13). The van der Waals surface area contributed by atoms with Crippen molar-refractivity contribution in [3.8, 4) is 5.75 Å². The summed E-state index contributed by atoms with van der Waals surface area (Å²) in [5, 5.41) is 0.114. The molecule has 2 aromatic rings. The number of aromatic nitrogens is 1. The zero-order chi connectivity index (χ0) is 11.9. The predicted octanol–water partition coefficient (Wildman–Crippen LogP) is 0.956. The summed E-state index contributed by atoms with van der Waals surface area (Å²) in [6.07, 6.45) is 0. The maximum absolute atomic E-state index is 10.9. The highest BCUT2D eigenvalue weighted by Gasteiger charge is 2.15. The van der Waals surface area contributed by atoms with Gasteiger partial charge < -0.3 is 8.60 Å². The Morgan fingerprint density at radius 1 is 1.44 bits per heavy atom. The largest absolute Gasteiger partial charge is 0.446 e. The van der Waals surface area contributed by atoms with Gasteiger partial charge in [0.15, 0.2) is 11.3 Å². The molecule has 0 aliphatic heterocycles. The van der Waals surface area contributed by atoms with Gasteiger partial charge in [0, 0.05) is 11.1 Å². The van der Waals surface area contributed by atoms with E-state index in [0.29, 0.717) is 0 Å². The number of hydrogen-bond donors (Lipinski definition) is 2. The first-order valence-electron chi connectivity index (χ1n) is 3.84. The molecule has 86 valence electrons. The molecule has 1 aromatic heterocycles. The van der Waals surface area contributed by atoms with Crippen LogP contribution in [0.1, 0.15) is 0 Å². The summed E-state index contributed by atoms with van der Waals surface area (Å²) in [5.41, 5.74) is 0.0168. The SMILES string of the molecule is O=c1[nH]c2cc(Cl)cc(OS(=O)(=O)O)c2o1. The van der Waals surface area contributed by atoms with Gasteiger partial charge in [-0.1, -0.05) is 11.6 Å². The van der Waals surface area contributed by atoms with Crippen LogP contribution in [-0.4, -0.2) is 18.0 Å².